The summed E-state index contributed by atoms with van der Waals surface area (Å²) in [6.07, 6.45) is 2.23. The third-order valence-electron chi connectivity index (χ3n) is 2.91. The van der Waals surface area contributed by atoms with Crippen LogP contribution in [0.5, 0.6) is 0 Å². The molecule has 0 spiro atoms. The molecule has 1 amide bonds. The molecule has 1 aliphatic heterocycles. The Kier molecular flexibility index (Phi) is 3.61. The van der Waals surface area contributed by atoms with Crippen molar-refractivity contribution in [3.05, 3.63) is 28.1 Å². The molecule has 1 aromatic rings. The van der Waals surface area contributed by atoms with E-state index >= 15 is 0 Å². The summed E-state index contributed by atoms with van der Waals surface area (Å²) in [5.74, 6) is -0.247. The molecule has 0 bridgehead atoms. The molecule has 0 saturated carbocycles. The van der Waals surface area contributed by atoms with Gasteiger partial charge in [0.05, 0.1) is 17.2 Å². The molecule has 0 atom stereocenters. The van der Waals surface area contributed by atoms with Gasteiger partial charge in [-0.15, -0.1) is 0 Å². The first-order valence-corrected chi connectivity index (χ1v) is 5.98. The first kappa shape index (κ1) is 12.6. The minimum atomic E-state index is -0.478. The summed E-state index contributed by atoms with van der Waals surface area (Å²) in [7, 11) is 0. The van der Waals surface area contributed by atoms with E-state index in [0.717, 1.165) is 19.5 Å². The lowest BCUT2D eigenvalue weighted by atomic mass is 10.2. The average Bonchev–Trinajstić information content (AvgIpc) is 2.68. The van der Waals surface area contributed by atoms with Gasteiger partial charge in [-0.2, -0.15) is 0 Å². The van der Waals surface area contributed by atoms with E-state index in [0.29, 0.717) is 12.2 Å². The summed E-state index contributed by atoms with van der Waals surface area (Å²) >= 11 is 0. The number of aryl methyl sites for hydroxylation is 1. The topological polar surface area (TPSA) is 89.2 Å². The molecule has 2 N–H and O–H groups in total. The summed E-state index contributed by atoms with van der Waals surface area (Å²) in [5.41, 5.74) is 0.316. The lowest BCUT2D eigenvalue weighted by molar-refractivity contribution is -0.384. The van der Waals surface area contributed by atoms with Crippen LogP contribution >= 0.6 is 0 Å². The maximum atomic E-state index is 12.0. The molecule has 1 saturated heterocycles. The number of nitro groups is 1. The number of nitrogens with zero attached hydrogens (tertiary/aromatic N) is 2. The van der Waals surface area contributed by atoms with Gasteiger partial charge in [-0.1, -0.05) is 6.92 Å². The van der Waals surface area contributed by atoms with Gasteiger partial charge >= 0.3 is 0 Å². The molecular formula is C11H16N4O3. The molecule has 0 radical (unpaired) electrons. The zero-order valence-corrected chi connectivity index (χ0v) is 10.2. The fraction of sp³-hybridized carbons (Fsp3) is 0.545. The van der Waals surface area contributed by atoms with Crippen molar-refractivity contribution in [1.82, 2.24) is 15.2 Å². The SMILES string of the molecule is CCCn1cc([N+](=O)[O-])cc1C(=O)NC1CNC1. The largest absolute Gasteiger partial charge is 0.345 e. The van der Waals surface area contributed by atoms with Crippen molar-refractivity contribution >= 4 is 11.6 Å². The van der Waals surface area contributed by atoms with Crippen LogP contribution < -0.4 is 10.6 Å². The second-order valence-corrected chi connectivity index (χ2v) is 4.36. The first-order valence-electron chi connectivity index (χ1n) is 5.98. The molecular weight excluding hydrogens is 236 g/mol. The molecule has 98 valence electrons. The van der Waals surface area contributed by atoms with Crippen molar-refractivity contribution in [3.63, 3.8) is 0 Å². The molecule has 0 aromatic carbocycles. The normalized spacial score (nSPS) is 15.2. The van der Waals surface area contributed by atoms with Crippen molar-refractivity contribution in [3.8, 4) is 0 Å². The van der Waals surface area contributed by atoms with Crippen molar-refractivity contribution in [2.45, 2.75) is 25.9 Å². The number of carbonyl (C=O) groups excluding carboxylic acids is 1. The summed E-state index contributed by atoms with van der Waals surface area (Å²) in [6, 6.07) is 1.46. The molecule has 1 aromatic heterocycles. The lowest BCUT2D eigenvalue weighted by Gasteiger charge is -2.27. The molecule has 2 rings (SSSR count). The Morgan fingerprint density at radius 3 is 2.89 bits per heavy atom. The van der Waals surface area contributed by atoms with Crippen LogP contribution in [-0.2, 0) is 6.54 Å². The van der Waals surface area contributed by atoms with Gasteiger partial charge in [0, 0.05) is 25.7 Å². The molecule has 7 nitrogen and oxygen atoms in total. The number of hydrogen-bond donors (Lipinski definition) is 2. The van der Waals surface area contributed by atoms with Crippen LogP contribution in [0.4, 0.5) is 5.69 Å². The molecule has 1 fully saturated rings. The number of hydrogen-bond acceptors (Lipinski definition) is 4. The molecule has 0 aliphatic carbocycles. The van der Waals surface area contributed by atoms with E-state index < -0.39 is 4.92 Å². The van der Waals surface area contributed by atoms with Crippen LogP contribution in [0.1, 0.15) is 23.8 Å². The van der Waals surface area contributed by atoms with E-state index in [1.165, 1.54) is 12.3 Å². The molecule has 7 heteroatoms. The Morgan fingerprint density at radius 1 is 1.67 bits per heavy atom. The third kappa shape index (κ3) is 2.51. The second kappa shape index (κ2) is 5.18. The van der Waals surface area contributed by atoms with Crippen LogP contribution in [0.25, 0.3) is 0 Å². The van der Waals surface area contributed by atoms with Crippen molar-refractivity contribution in [2.75, 3.05) is 13.1 Å². The highest BCUT2D eigenvalue weighted by atomic mass is 16.6. The van der Waals surface area contributed by atoms with Gasteiger partial charge in [-0.25, -0.2) is 0 Å². The molecule has 0 unspecified atom stereocenters. The zero-order valence-electron chi connectivity index (χ0n) is 10.2. The van der Waals surface area contributed by atoms with Gasteiger partial charge in [0.15, 0.2) is 0 Å². The number of amides is 1. The van der Waals surface area contributed by atoms with Crippen LogP contribution in [0.2, 0.25) is 0 Å². The Morgan fingerprint density at radius 2 is 2.39 bits per heavy atom. The number of rotatable bonds is 5. The van der Waals surface area contributed by atoms with Gasteiger partial charge < -0.3 is 15.2 Å². The number of aromatic nitrogens is 1. The Labute approximate surface area is 104 Å². The maximum absolute atomic E-state index is 12.0. The highest BCUT2D eigenvalue weighted by Crippen LogP contribution is 2.17. The van der Waals surface area contributed by atoms with E-state index in [-0.39, 0.29) is 17.6 Å². The Bertz CT molecular complexity index is 465. The number of nitrogens with one attached hydrogen (secondary N) is 2. The van der Waals surface area contributed by atoms with Gasteiger partial charge in [-0.05, 0) is 6.42 Å². The highest BCUT2D eigenvalue weighted by Gasteiger charge is 2.23. The van der Waals surface area contributed by atoms with Crippen LogP contribution in [-0.4, -0.2) is 34.5 Å². The van der Waals surface area contributed by atoms with Gasteiger partial charge in [0.1, 0.15) is 5.69 Å². The van der Waals surface area contributed by atoms with Gasteiger partial charge in [-0.3, -0.25) is 14.9 Å². The minimum Gasteiger partial charge on any atom is -0.345 e. The summed E-state index contributed by atoms with van der Waals surface area (Å²) in [6.45, 7) is 4.06. The van der Waals surface area contributed by atoms with E-state index in [9.17, 15) is 14.9 Å². The second-order valence-electron chi connectivity index (χ2n) is 4.36. The number of carbonyl (C=O) groups is 1. The van der Waals surface area contributed by atoms with E-state index in [4.69, 9.17) is 0 Å². The summed E-state index contributed by atoms with van der Waals surface area (Å²) in [5, 5.41) is 16.6. The predicted octanol–water partition coefficient (Wildman–Crippen LogP) is 0.508. The van der Waals surface area contributed by atoms with E-state index in [2.05, 4.69) is 10.6 Å². The Hall–Kier alpha value is -1.89. The minimum absolute atomic E-state index is 0.0414. The maximum Gasteiger partial charge on any atom is 0.287 e. The molecule has 1 aliphatic rings. The van der Waals surface area contributed by atoms with Crippen LogP contribution in [0, 0.1) is 10.1 Å². The van der Waals surface area contributed by atoms with Gasteiger partial charge in [0.25, 0.3) is 11.6 Å². The van der Waals surface area contributed by atoms with E-state index in [1.807, 2.05) is 6.92 Å². The molecule has 2 heterocycles. The standard InChI is InChI=1S/C11H16N4O3/c1-2-3-14-7-9(15(17)18)4-10(14)11(16)13-8-5-12-6-8/h4,7-8,12H,2-3,5-6H2,1H3,(H,13,16). The van der Waals surface area contributed by atoms with Crippen molar-refractivity contribution < 1.29 is 9.72 Å². The molecule has 18 heavy (non-hydrogen) atoms. The predicted molar refractivity (Wildman–Crippen MR) is 65.5 cm³/mol. The van der Waals surface area contributed by atoms with Crippen LogP contribution in [0.3, 0.4) is 0 Å². The van der Waals surface area contributed by atoms with E-state index in [1.54, 1.807) is 4.57 Å². The highest BCUT2D eigenvalue weighted by molar-refractivity contribution is 5.93. The third-order valence-corrected chi connectivity index (χ3v) is 2.91. The van der Waals surface area contributed by atoms with Crippen LogP contribution in [0.15, 0.2) is 12.3 Å². The fourth-order valence-corrected chi connectivity index (χ4v) is 1.86. The monoisotopic (exact) mass is 252 g/mol. The summed E-state index contributed by atoms with van der Waals surface area (Å²) in [4.78, 5) is 22.3. The van der Waals surface area contributed by atoms with Gasteiger partial charge in [0.2, 0.25) is 0 Å². The van der Waals surface area contributed by atoms with Crippen molar-refractivity contribution in [1.29, 1.82) is 0 Å². The Balaban J connectivity index is 2.17. The van der Waals surface area contributed by atoms with Crippen molar-refractivity contribution in [2.24, 2.45) is 0 Å². The lowest BCUT2D eigenvalue weighted by Crippen LogP contribution is -2.57. The first-order chi connectivity index (χ1) is 8.61. The zero-order chi connectivity index (χ0) is 13.1. The summed E-state index contributed by atoms with van der Waals surface area (Å²) < 4.78 is 1.64. The smallest absolute Gasteiger partial charge is 0.287 e. The average molecular weight is 252 g/mol. The quantitative estimate of drug-likeness (QED) is 0.590. The fourth-order valence-electron chi connectivity index (χ4n) is 1.86.